The summed E-state index contributed by atoms with van der Waals surface area (Å²) in [6.07, 6.45) is 8.08. The molecule has 0 radical (unpaired) electrons. The Hall–Kier alpha value is -8.45. The zero-order valence-electron chi connectivity index (χ0n) is 40.2. The molecule has 0 fully saturated rings. The lowest BCUT2D eigenvalue weighted by atomic mass is 9.96. The molecule has 1 unspecified atom stereocenters. The van der Waals surface area contributed by atoms with E-state index in [1.54, 1.807) is 24.9 Å². The van der Waals surface area contributed by atoms with Crippen LogP contribution < -0.4 is 32.5 Å². The third kappa shape index (κ3) is 10.2. The molecule has 9 aromatic rings. The lowest BCUT2D eigenvalue weighted by Gasteiger charge is -2.19. The van der Waals surface area contributed by atoms with Gasteiger partial charge in [0, 0.05) is 87.6 Å². The molecule has 0 saturated carbocycles. The van der Waals surface area contributed by atoms with E-state index in [2.05, 4.69) is 106 Å². The Kier molecular flexibility index (Phi) is 13.9. The quantitative estimate of drug-likeness (QED) is 0.0666. The molecule has 70 heavy (non-hydrogen) atoms. The van der Waals surface area contributed by atoms with Gasteiger partial charge in [0.2, 0.25) is 0 Å². The molecule has 0 saturated heterocycles. The summed E-state index contributed by atoms with van der Waals surface area (Å²) in [5, 5.41) is 13.9. The van der Waals surface area contributed by atoms with Gasteiger partial charge in [-0.3, -0.25) is 28.7 Å². The number of fused-ring (bicyclic) bond motifs is 1. The van der Waals surface area contributed by atoms with E-state index in [0.29, 0.717) is 66.6 Å². The van der Waals surface area contributed by atoms with Crippen LogP contribution >= 0.6 is 0 Å². The highest BCUT2D eigenvalue weighted by atomic mass is 16.2. The van der Waals surface area contributed by atoms with Gasteiger partial charge in [-0.1, -0.05) is 118 Å². The highest BCUT2D eigenvalue weighted by Crippen LogP contribution is 2.33. The summed E-state index contributed by atoms with van der Waals surface area (Å²) < 4.78 is 7.07. The zero-order chi connectivity index (χ0) is 48.7. The molecule has 354 valence electrons. The number of rotatable bonds is 18. The average molecular weight is 931 g/mol. The van der Waals surface area contributed by atoms with E-state index >= 15 is 0 Å². The first-order chi connectivity index (χ1) is 34.0. The molecule has 0 spiro atoms. The van der Waals surface area contributed by atoms with Gasteiger partial charge in [0.05, 0.1) is 22.5 Å². The number of aromatic nitrogens is 6. The van der Waals surface area contributed by atoms with Crippen LogP contribution in [0.1, 0.15) is 47.8 Å². The first-order valence-electron chi connectivity index (χ1n) is 23.7. The molecule has 13 heteroatoms. The van der Waals surface area contributed by atoms with Crippen molar-refractivity contribution < 1.29 is 4.79 Å². The molecule has 0 aliphatic carbocycles. The maximum atomic E-state index is 14.3. The first kappa shape index (κ1) is 46.7. The minimum absolute atomic E-state index is 0.0371. The van der Waals surface area contributed by atoms with Gasteiger partial charge in [0.1, 0.15) is 22.7 Å². The van der Waals surface area contributed by atoms with Crippen LogP contribution in [0, 0.1) is 11.8 Å². The van der Waals surface area contributed by atoms with Gasteiger partial charge in [-0.2, -0.15) is 0 Å². The molecule has 9 rings (SSSR count). The van der Waals surface area contributed by atoms with E-state index in [9.17, 15) is 14.4 Å². The summed E-state index contributed by atoms with van der Waals surface area (Å²) in [6, 6.07) is 46.2. The van der Waals surface area contributed by atoms with Crippen molar-refractivity contribution in [3.63, 3.8) is 0 Å². The van der Waals surface area contributed by atoms with Gasteiger partial charge < -0.3 is 30.4 Å². The second kappa shape index (κ2) is 20.8. The van der Waals surface area contributed by atoms with E-state index in [-0.39, 0.29) is 23.1 Å². The first-order valence-corrected chi connectivity index (χ1v) is 23.7. The maximum Gasteiger partial charge on any atom is 0.331 e. The van der Waals surface area contributed by atoms with Crippen LogP contribution in [-0.2, 0) is 33.1 Å². The number of anilines is 5. The number of carbonyl (C=O) groups is 1. The number of carbonyl (C=O) groups excluding carboxylic acids is 1. The SMILES string of the molecule is CNC(=O)c1c(NCC(C)C)cn(Cc2ccc(-c3ncccc3CC(C)Cn3c(=O)n(C)c(=O)c4cn(Cc5ccc(-c6ccccn6)cc5)c(Nc5ccccc5)c43)cc2)c1Nc1ccccc1. The van der Waals surface area contributed by atoms with Crippen molar-refractivity contribution in [2.24, 2.45) is 18.9 Å². The van der Waals surface area contributed by atoms with Crippen molar-refractivity contribution in [3.05, 3.63) is 207 Å². The van der Waals surface area contributed by atoms with E-state index < -0.39 is 0 Å². The Morgan fingerprint density at radius 3 is 1.87 bits per heavy atom. The predicted octanol–water partition coefficient (Wildman–Crippen LogP) is 10.3. The molecule has 5 aromatic heterocycles. The normalized spacial score (nSPS) is 11.7. The van der Waals surface area contributed by atoms with Crippen LogP contribution in [-0.4, -0.2) is 47.7 Å². The average Bonchev–Trinajstić information content (AvgIpc) is 3.91. The predicted molar refractivity (Wildman–Crippen MR) is 282 cm³/mol. The number of amides is 1. The molecule has 13 nitrogen and oxygen atoms in total. The molecule has 0 aliphatic rings. The van der Waals surface area contributed by atoms with Crippen LogP contribution in [0.3, 0.4) is 0 Å². The number of pyridine rings is 2. The fraction of sp³-hybridized carbons (Fsp3) is 0.211. The standard InChI is InChI=1S/C57H58N10O3/c1-38(2)32-61-49-37-66(53(50(49)55(68)58-4)62-45-16-8-6-9-17-45)35-41-23-27-43(28-24-41)51-44(15-14-30-60-51)31-39(3)33-67-52-47(56(69)64(5)57(67)70)36-65(54(52)63-46-18-10-7-11-19-46)34-40-21-25-42(26-22-40)48-20-12-13-29-59-48/h6-30,36-39,61-63H,31-35H2,1-5H3,(H,58,68). The van der Waals surface area contributed by atoms with E-state index in [4.69, 9.17) is 4.98 Å². The van der Waals surface area contributed by atoms with Gasteiger partial charge in [-0.15, -0.1) is 0 Å². The van der Waals surface area contributed by atoms with Gasteiger partial charge in [-0.25, -0.2) is 4.79 Å². The van der Waals surface area contributed by atoms with Gasteiger partial charge >= 0.3 is 5.69 Å². The molecule has 1 amide bonds. The molecule has 0 bridgehead atoms. The van der Waals surface area contributed by atoms with Crippen molar-refractivity contribution in [2.45, 2.75) is 46.8 Å². The number of benzene rings is 4. The second-order valence-corrected chi connectivity index (χ2v) is 18.3. The van der Waals surface area contributed by atoms with Gasteiger partial charge in [0.25, 0.3) is 11.5 Å². The number of nitrogens with one attached hydrogen (secondary N) is 4. The molecule has 0 aliphatic heterocycles. The monoisotopic (exact) mass is 930 g/mol. The summed E-state index contributed by atoms with van der Waals surface area (Å²) in [6.45, 7) is 8.45. The molecule has 4 N–H and O–H groups in total. The van der Waals surface area contributed by atoms with Crippen LogP contribution in [0.5, 0.6) is 0 Å². The number of hydrogen-bond donors (Lipinski definition) is 4. The topological polar surface area (TPSA) is 145 Å². The summed E-state index contributed by atoms with van der Waals surface area (Å²) in [7, 11) is 3.20. The van der Waals surface area contributed by atoms with E-state index in [1.165, 1.54) is 4.57 Å². The largest absolute Gasteiger partial charge is 0.383 e. The highest BCUT2D eigenvalue weighted by molar-refractivity contribution is 6.05. The van der Waals surface area contributed by atoms with Gasteiger partial charge in [0.15, 0.2) is 0 Å². The van der Waals surface area contributed by atoms with Crippen LogP contribution in [0.4, 0.5) is 28.7 Å². The van der Waals surface area contributed by atoms with Crippen molar-refractivity contribution in [3.8, 4) is 22.5 Å². The van der Waals surface area contributed by atoms with Gasteiger partial charge in [-0.05, 0) is 77.4 Å². The fourth-order valence-corrected chi connectivity index (χ4v) is 8.97. The zero-order valence-corrected chi connectivity index (χ0v) is 40.2. The lowest BCUT2D eigenvalue weighted by Crippen LogP contribution is -2.39. The Labute approximate surface area is 407 Å². The van der Waals surface area contributed by atoms with Crippen molar-refractivity contribution in [1.82, 2.24) is 33.6 Å². The molecule has 5 heterocycles. The summed E-state index contributed by atoms with van der Waals surface area (Å²) in [4.78, 5) is 51.0. The van der Waals surface area contributed by atoms with E-state index in [0.717, 1.165) is 56.3 Å². The molecule has 4 aromatic carbocycles. The van der Waals surface area contributed by atoms with Crippen molar-refractivity contribution in [2.75, 3.05) is 29.5 Å². The Balaban J connectivity index is 1.000. The van der Waals surface area contributed by atoms with Crippen molar-refractivity contribution >= 4 is 45.5 Å². The Morgan fingerprint density at radius 1 is 0.657 bits per heavy atom. The minimum Gasteiger partial charge on any atom is -0.383 e. The summed E-state index contributed by atoms with van der Waals surface area (Å²) >= 11 is 0. The number of para-hydroxylation sites is 2. The third-order valence-electron chi connectivity index (χ3n) is 12.5. The lowest BCUT2D eigenvalue weighted by molar-refractivity contribution is 0.0964. The third-order valence-corrected chi connectivity index (χ3v) is 12.5. The molecular weight excluding hydrogens is 873 g/mol. The van der Waals surface area contributed by atoms with Crippen LogP contribution in [0.15, 0.2) is 174 Å². The number of hydrogen-bond acceptors (Lipinski definition) is 8. The highest BCUT2D eigenvalue weighted by Gasteiger charge is 2.24. The van der Waals surface area contributed by atoms with Crippen LogP contribution in [0.25, 0.3) is 33.4 Å². The summed E-state index contributed by atoms with van der Waals surface area (Å²) in [5.41, 5.74) is 9.71. The van der Waals surface area contributed by atoms with Crippen LogP contribution in [0.2, 0.25) is 0 Å². The fourth-order valence-electron chi connectivity index (χ4n) is 8.97. The van der Waals surface area contributed by atoms with E-state index in [1.807, 2.05) is 108 Å². The maximum absolute atomic E-state index is 14.3. The second-order valence-electron chi connectivity index (χ2n) is 18.3. The summed E-state index contributed by atoms with van der Waals surface area (Å²) in [5.74, 6) is 1.53. The molecular formula is C57H58N10O3. The minimum atomic E-state index is -0.380. The Bertz CT molecular complexity index is 3360. The number of nitrogens with zero attached hydrogens (tertiary/aromatic N) is 6. The Morgan fingerprint density at radius 2 is 1.26 bits per heavy atom. The molecule has 1 atom stereocenters. The smallest absolute Gasteiger partial charge is 0.331 e. The van der Waals surface area contributed by atoms with Crippen molar-refractivity contribution in [1.29, 1.82) is 0 Å².